The first kappa shape index (κ1) is 37.4. The molecule has 0 unspecified atom stereocenters. The summed E-state index contributed by atoms with van der Waals surface area (Å²) in [5.41, 5.74) is 16.4. The molecule has 5 heterocycles. The van der Waals surface area contributed by atoms with Gasteiger partial charge in [0.2, 0.25) is 0 Å². The van der Waals surface area contributed by atoms with Gasteiger partial charge in [0.15, 0.2) is 0 Å². The Kier molecular flexibility index (Phi) is 6.97. The van der Waals surface area contributed by atoms with Crippen molar-refractivity contribution in [2.45, 2.75) is 52.4 Å². The molecule has 0 spiro atoms. The predicted molar refractivity (Wildman–Crippen MR) is 288 cm³/mol. The minimum Gasteiger partial charge on any atom is -0.309 e. The second-order valence-corrected chi connectivity index (χ2v) is 21.4. The van der Waals surface area contributed by atoms with E-state index in [-0.39, 0.29) is 10.8 Å². The smallest absolute Gasteiger partial charge is 0.0626 e. The minimum atomic E-state index is -0.0620. The van der Waals surface area contributed by atoms with Crippen molar-refractivity contribution in [3.8, 4) is 16.8 Å². The molecule has 0 aliphatic rings. The number of hydrogen-bond donors (Lipinski definition) is 0. The quantitative estimate of drug-likeness (QED) is 0.164. The normalized spacial score (nSPS) is 13.2. The molecule has 3 heteroatoms. The molecule has 0 aliphatic heterocycles. The lowest BCUT2D eigenvalue weighted by molar-refractivity contribution is 0.591. The fraction of sp³-hybridized carbons (Fsp3) is 0.125. The van der Waals surface area contributed by atoms with Gasteiger partial charge in [-0.3, -0.25) is 0 Å². The molecule has 15 rings (SSSR count). The van der Waals surface area contributed by atoms with Gasteiger partial charge >= 0.3 is 0 Å². The Labute approximate surface area is 387 Å². The van der Waals surface area contributed by atoms with Crippen LogP contribution in [0.1, 0.15) is 52.7 Å². The van der Waals surface area contributed by atoms with Gasteiger partial charge in [0, 0.05) is 65.1 Å². The third-order valence-corrected chi connectivity index (χ3v) is 15.5. The van der Waals surface area contributed by atoms with Gasteiger partial charge in [0.05, 0.1) is 44.1 Å². The maximum Gasteiger partial charge on any atom is 0.0626 e. The van der Waals surface area contributed by atoms with Crippen molar-refractivity contribution in [3.63, 3.8) is 0 Å². The Bertz CT molecular complexity index is 4620. The van der Waals surface area contributed by atoms with E-state index in [2.05, 4.69) is 231 Å². The second-order valence-electron chi connectivity index (χ2n) is 21.4. The predicted octanol–water partition coefficient (Wildman–Crippen LogP) is 17.7. The van der Waals surface area contributed by atoms with Crippen LogP contribution in [0, 0.1) is 0 Å². The van der Waals surface area contributed by atoms with Crippen molar-refractivity contribution in [1.29, 1.82) is 0 Å². The average molecular weight is 858 g/mol. The molecule has 0 saturated heterocycles. The number of fused-ring (bicyclic) bond motifs is 19. The zero-order valence-electron chi connectivity index (χ0n) is 38.6. The molecule has 67 heavy (non-hydrogen) atoms. The standard InChI is InChI=1S/C64H47N3/c1-63(2,3)39-30-49-47-35-57-48(34-56(47)66-55-27-24-36-16-10-12-20-42(36)58(55)51(32-39)60(49)66)50-31-40(64(4,5)6)33-52-59-43-21-13-11-17-37(43)28-45(62(59)67(57)61(50)52)38-25-26-54-46(29-38)44-22-14-15-23-53(44)65(54)41-18-8-7-9-19-41/h7-35H,1-6H3. The van der Waals surface area contributed by atoms with Gasteiger partial charge in [0.25, 0.3) is 0 Å². The van der Waals surface area contributed by atoms with Crippen molar-refractivity contribution in [1.82, 2.24) is 13.4 Å². The SMILES string of the molecule is CC(C)(C)c1cc2c3cc4c(cc3n3c5ccc6ccccc6c5c(c1)c23)c1cc(C(C)(C)C)cc2c3c5ccccc5cc(-c5ccc6c(c5)c5ccccc5n6-c5ccccc5)c3n4c12. The summed E-state index contributed by atoms with van der Waals surface area (Å²) in [6.07, 6.45) is 0. The average Bonchev–Trinajstić information content (AvgIpc) is 4.13. The largest absolute Gasteiger partial charge is 0.309 e. The lowest BCUT2D eigenvalue weighted by Crippen LogP contribution is -2.10. The Morgan fingerprint density at radius 2 is 0.836 bits per heavy atom. The van der Waals surface area contributed by atoms with E-state index < -0.39 is 0 Å². The van der Waals surface area contributed by atoms with Crippen molar-refractivity contribution in [3.05, 3.63) is 187 Å². The molecule has 0 saturated carbocycles. The van der Waals surface area contributed by atoms with E-state index in [4.69, 9.17) is 0 Å². The van der Waals surface area contributed by atoms with Crippen LogP contribution in [0.5, 0.6) is 0 Å². The zero-order chi connectivity index (χ0) is 44.8. The summed E-state index contributed by atoms with van der Waals surface area (Å²) < 4.78 is 7.66. The van der Waals surface area contributed by atoms with Crippen LogP contribution in [0.15, 0.2) is 176 Å². The van der Waals surface area contributed by atoms with Gasteiger partial charge in [0.1, 0.15) is 0 Å². The van der Waals surface area contributed by atoms with Crippen LogP contribution in [0.2, 0.25) is 0 Å². The highest BCUT2D eigenvalue weighted by molar-refractivity contribution is 6.34. The van der Waals surface area contributed by atoms with Crippen LogP contribution in [-0.4, -0.2) is 13.4 Å². The summed E-state index contributed by atoms with van der Waals surface area (Å²) in [4.78, 5) is 0. The number of hydrogen-bond acceptors (Lipinski definition) is 0. The Hall–Kier alpha value is -7.88. The molecule has 0 aliphatic carbocycles. The summed E-state index contributed by atoms with van der Waals surface area (Å²) >= 11 is 0. The lowest BCUT2D eigenvalue weighted by Gasteiger charge is -2.19. The molecule has 5 aromatic heterocycles. The first-order valence-corrected chi connectivity index (χ1v) is 23.8. The van der Waals surface area contributed by atoms with E-state index in [1.165, 1.54) is 147 Å². The molecular weight excluding hydrogens is 811 g/mol. The summed E-state index contributed by atoms with van der Waals surface area (Å²) in [6.45, 7) is 14.1. The first-order chi connectivity index (χ1) is 32.5. The van der Waals surface area contributed by atoms with E-state index in [0.29, 0.717) is 0 Å². The molecule has 10 aromatic carbocycles. The van der Waals surface area contributed by atoms with Crippen LogP contribution in [0.4, 0.5) is 0 Å². The Morgan fingerprint density at radius 3 is 1.54 bits per heavy atom. The number of aromatic nitrogens is 3. The summed E-state index contributed by atoms with van der Waals surface area (Å²) in [5.74, 6) is 0. The molecule has 0 atom stereocenters. The Morgan fingerprint density at radius 1 is 0.313 bits per heavy atom. The van der Waals surface area contributed by atoms with Crippen molar-refractivity contribution in [2.75, 3.05) is 0 Å². The highest BCUT2D eigenvalue weighted by Crippen LogP contribution is 2.51. The molecule has 0 fully saturated rings. The zero-order valence-corrected chi connectivity index (χ0v) is 38.6. The van der Waals surface area contributed by atoms with Gasteiger partial charge in [-0.05, 0) is 128 Å². The number of benzene rings is 10. The van der Waals surface area contributed by atoms with E-state index in [0.717, 1.165) is 0 Å². The second kappa shape index (κ2) is 12.5. The third kappa shape index (κ3) is 4.81. The number of nitrogens with zero attached hydrogens (tertiary/aromatic N) is 3. The lowest BCUT2D eigenvalue weighted by atomic mass is 9.84. The minimum absolute atomic E-state index is 0.0317. The Balaban J connectivity index is 1.13. The molecule has 0 bridgehead atoms. The van der Waals surface area contributed by atoms with Crippen LogP contribution in [0.25, 0.3) is 136 Å². The van der Waals surface area contributed by atoms with Crippen molar-refractivity contribution < 1.29 is 0 Å². The van der Waals surface area contributed by atoms with Crippen molar-refractivity contribution >= 4 is 120 Å². The fourth-order valence-corrected chi connectivity index (χ4v) is 12.3. The highest BCUT2D eigenvalue weighted by Gasteiger charge is 2.29. The summed E-state index contributed by atoms with van der Waals surface area (Å²) in [6, 6.07) is 67.1. The molecule has 3 nitrogen and oxygen atoms in total. The van der Waals surface area contributed by atoms with Gasteiger partial charge < -0.3 is 13.4 Å². The van der Waals surface area contributed by atoms with E-state index in [1.807, 2.05) is 0 Å². The van der Waals surface area contributed by atoms with Crippen LogP contribution in [-0.2, 0) is 10.8 Å². The van der Waals surface area contributed by atoms with Gasteiger partial charge in [-0.2, -0.15) is 0 Å². The molecule has 0 amide bonds. The summed E-state index contributed by atoms with van der Waals surface area (Å²) in [7, 11) is 0. The van der Waals surface area contributed by atoms with Crippen molar-refractivity contribution in [2.24, 2.45) is 0 Å². The molecule has 0 radical (unpaired) electrons. The first-order valence-electron chi connectivity index (χ1n) is 23.8. The topological polar surface area (TPSA) is 13.8 Å². The molecule has 0 N–H and O–H groups in total. The maximum absolute atomic E-state index is 2.66. The highest BCUT2D eigenvalue weighted by atomic mass is 15.0. The third-order valence-electron chi connectivity index (χ3n) is 15.5. The monoisotopic (exact) mass is 857 g/mol. The van der Waals surface area contributed by atoms with Gasteiger partial charge in [-0.15, -0.1) is 0 Å². The molecule has 318 valence electrons. The van der Waals surface area contributed by atoms with Crippen LogP contribution >= 0.6 is 0 Å². The number of rotatable bonds is 2. The fourth-order valence-electron chi connectivity index (χ4n) is 12.3. The number of para-hydroxylation sites is 2. The van der Waals surface area contributed by atoms with Crippen LogP contribution in [0.3, 0.4) is 0 Å². The maximum atomic E-state index is 2.66. The summed E-state index contributed by atoms with van der Waals surface area (Å²) in [5, 5.41) is 18.2. The van der Waals surface area contributed by atoms with Gasteiger partial charge in [-0.25, -0.2) is 0 Å². The van der Waals surface area contributed by atoms with E-state index >= 15 is 0 Å². The van der Waals surface area contributed by atoms with E-state index in [9.17, 15) is 0 Å². The molecule has 15 aromatic rings. The molecular formula is C64H47N3. The van der Waals surface area contributed by atoms with E-state index in [1.54, 1.807) is 0 Å². The van der Waals surface area contributed by atoms with Crippen LogP contribution < -0.4 is 0 Å². The van der Waals surface area contributed by atoms with Gasteiger partial charge in [-0.1, -0.05) is 139 Å².